The third-order valence-electron chi connectivity index (χ3n) is 5.95. The largest absolute Gasteiger partial charge is 0.496 e. The number of hydrogen-bond acceptors (Lipinski definition) is 5. The van der Waals surface area contributed by atoms with Crippen molar-refractivity contribution in [2.24, 2.45) is 0 Å². The van der Waals surface area contributed by atoms with Gasteiger partial charge in [0.25, 0.3) is 5.91 Å². The van der Waals surface area contributed by atoms with Crippen LogP contribution in [0.15, 0.2) is 79.4 Å². The number of imidazole rings is 1. The van der Waals surface area contributed by atoms with E-state index in [4.69, 9.17) is 19.2 Å². The predicted molar refractivity (Wildman–Crippen MR) is 141 cm³/mol. The van der Waals surface area contributed by atoms with Gasteiger partial charge in [-0.2, -0.15) is 0 Å². The zero-order valence-corrected chi connectivity index (χ0v) is 20.9. The molecule has 3 aromatic carbocycles. The monoisotopic (exact) mass is 485 g/mol. The third kappa shape index (κ3) is 5.35. The summed E-state index contributed by atoms with van der Waals surface area (Å²) < 4.78 is 19.0. The van der Waals surface area contributed by atoms with Gasteiger partial charge in [0.2, 0.25) is 0 Å². The minimum atomic E-state index is -0.345. The Balaban J connectivity index is 1.54. The van der Waals surface area contributed by atoms with Crippen LogP contribution >= 0.6 is 0 Å². The van der Waals surface area contributed by atoms with E-state index in [-0.39, 0.29) is 11.9 Å². The zero-order valence-electron chi connectivity index (χ0n) is 20.9. The highest BCUT2D eigenvalue weighted by molar-refractivity contribution is 5.97. The van der Waals surface area contributed by atoms with Gasteiger partial charge in [-0.1, -0.05) is 36.4 Å². The van der Waals surface area contributed by atoms with Crippen molar-refractivity contribution < 1.29 is 19.0 Å². The first-order valence-corrected chi connectivity index (χ1v) is 11.8. The number of carbonyl (C=O) groups excluding carboxylic acids is 1. The molecule has 7 nitrogen and oxygen atoms in total. The van der Waals surface area contributed by atoms with E-state index in [9.17, 15) is 4.79 Å². The molecule has 0 saturated carbocycles. The van der Waals surface area contributed by atoms with Crippen LogP contribution < -0.4 is 19.5 Å². The van der Waals surface area contributed by atoms with Gasteiger partial charge in [0.15, 0.2) is 11.5 Å². The van der Waals surface area contributed by atoms with Crippen molar-refractivity contribution in [3.8, 4) is 17.2 Å². The predicted octanol–water partition coefficient (Wildman–Crippen LogP) is 5.35. The topological polar surface area (TPSA) is 74.6 Å². The number of benzene rings is 3. The number of rotatable bonds is 11. The fourth-order valence-electron chi connectivity index (χ4n) is 4.20. The summed E-state index contributed by atoms with van der Waals surface area (Å²) in [6.45, 7) is 6.66. The van der Waals surface area contributed by atoms with Crippen molar-refractivity contribution in [1.82, 2.24) is 14.9 Å². The van der Waals surface area contributed by atoms with Crippen LogP contribution in [0.3, 0.4) is 0 Å². The lowest BCUT2D eigenvalue weighted by atomic mass is 10.1. The average molecular weight is 486 g/mol. The second kappa shape index (κ2) is 11.4. The van der Waals surface area contributed by atoms with Crippen molar-refractivity contribution >= 4 is 16.9 Å². The molecule has 0 bridgehead atoms. The molecule has 0 aliphatic carbocycles. The number of nitrogens with one attached hydrogen (secondary N) is 1. The normalized spacial score (nSPS) is 11.6. The van der Waals surface area contributed by atoms with Crippen molar-refractivity contribution in [3.63, 3.8) is 0 Å². The minimum absolute atomic E-state index is 0.223. The summed E-state index contributed by atoms with van der Waals surface area (Å²) in [6.07, 6.45) is 2.62. The van der Waals surface area contributed by atoms with E-state index in [1.807, 2.05) is 67.6 Å². The summed E-state index contributed by atoms with van der Waals surface area (Å²) >= 11 is 0. The number of amides is 1. The van der Waals surface area contributed by atoms with Gasteiger partial charge in [0.1, 0.15) is 18.2 Å². The average Bonchev–Trinajstić information content (AvgIpc) is 3.28. The Morgan fingerprint density at radius 1 is 1.03 bits per heavy atom. The van der Waals surface area contributed by atoms with Gasteiger partial charge < -0.3 is 24.1 Å². The maximum atomic E-state index is 13.0. The molecule has 0 aliphatic rings. The second-order valence-corrected chi connectivity index (χ2v) is 8.33. The Morgan fingerprint density at radius 2 is 1.78 bits per heavy atom. The first-order chi connectivity index (χ1) is 17.5. The SMILES string of the molecule is C=CCc1ccc(OCCn2c(C(C)NC(=O)c3ccccc3OC)nc3ccccc32)c(OC)c1. The number of nitrogens with zero attached hydrogens (tertiary/aromatic N) is 2. The first-order valence-electron chi connectivity index (χ1n) is 11.8. The molecule has 36 heavy (non-hydrogen) atoms. The lowest BCUT2D eigenvalue weighted by molar-refractivity contribution is 0.0934. The minimum Gasteiger partial charge on any atom is -0.496 e. The lowest BCUT2D eigenvalue weighted by Gasteiger charge is -2.18. The quantitative estimate of drug-likeness (QED) is 0.290. The number of para-hydroxylation sites is 3. The van der Waals surface area contributed by atoms with E-state index >= 15 is 0 Å². The highest BCUT2D eigenvalue weighted by Gasteiger charge is 2.21. The van der Waals surface area contributed by atoms with Crippen molar-refractivity contribution in [1.29, 1.82) is 0 Å². The fraction of sp³-hybridized carbons (Fsp3) is 0.241. The molecule has 186 valence electrons. The Bertz CT molecular complexity index is 1360. The number of ether oxygens (including phenoxy) is 3. The molecule has 1 aromatic heterocycles. The smallest absolute Gasteiger partial charge is 0.255 e. The van der Waals surface area contributed by atoms with Crippen LogP contribution in [-0.4, -0.2) is 36.3 Å². The van der Waals surface area contributed by atoms with Crippen LogP contribution in [0.1, 0.15) is 34.7 Å². The summed E-state index contributed by atoms with van der Waals surface area (Å²) in [5.74, 6) is 2.41. The maximum Gasteiger partial charge on any atom is 0.255 e. The number of allylic oxidation sites excluding steroid dienone is 1. The van der Waals surface area contributed by atoms with E-state index in [0.717, 1.165) is 28.8 Å². The van der Waals surface area contributed by atoms with E-state index in [0.29, 0.717) is 36.0 Å². The zero-order chi connectivity index (χ0) is 25.5. The first kappa shape index (κ1) is 24.9. The Kier molecular flexibility index (Phi) is 7.90. The fourth-order valence-corrected chi connectivity index (χ4v) is 4.20. The Hall–Kier alpha value is -4.26. The number of hydrogen-bond donors (Lipinski definition) is 1. The summed E-state index contributed by atoms with van der Waals surface area (Å²) in [5, 5.41) is 3.06. The van der Waals surface area contributed by atoms with Gasteiger partial charge in [-0.3, -0.25) is 4.79 Å². The molecular formula is C29H31N3O4. The van der Waals surface area contributed by atoms with Crippen LogP contribution in [-0.2, 0) is 13.0 Å². The van der Waals surface area contributed by atoms with Gasteiger partial charge in [0.05, 0.1) is 43.4 Å². The van der Waals surface area contributed by atoms with Gasteiger partial charge in [-0.05, 0) is 55.3 Å². The molecule has 0 fully saturated rings. The molecule has 4 rings (SSSR count). The molecule has 0 aliphatic heterocycles. The standard InChI is InChI=1S/C29H31N3O4/c1-5-10-21-15-16-26(27(19-21)35-4)36-18-17-32-24-13-8-7-12-23(24)31-28(32)20(2)30-29(33)22-11-6-9-14-25(22)34-3/h5-9,11-16,19-20H,1,10,17-18H2,2-4H3,(H,30,33). The van der Waals surface area contributed by atoms with Crippen LogP contribution in [0, 0.1) is 0 Å². The molecular weight excluding hydrogens is 454 g/mol. The highest BCUT2D eigenvalue weighted by Crippen LogP contribution is 2.29. The molecule has 1 amide bonds. The van der Waals surface area contributed by atoms with Crippen LogP contribution in [0.4, 0.5) is 0 Å². The molecule has 0 saturated heterocycles. The Morgan fingerprint density at radius 3 is 2.56 bits per heavy atom. The summed E-state index contributed by atoms with van der Waals surface area (Å²) in [6, 6.07) is 20.6. The number of methoxy groups -OCH3 is 2. The van der Waals surface area contributed by atoms with Crippen LogP contribution in [0.2, 0.25) is 0 Å². The summed E-state index contributed by atoms with van der Waals surface area (Å²) in [7, 11) is 3.18. The highest BCUT2D eigenvalue weighted by atomic mass is 16.5. The lowest BCUT2D eigenvalue weighted by Crippen LogP contribution is -2.29. The number of fused-ring (bicyclic) bond motifs is 1. The van der Waals surface area contributed by atoms with E-state index in [2.05, 4.69) is 16.5 Å². The molecule has 1 unspecified atom stereocenters. The molecule has 0 spiro atoms. The molecule has 1 atom stereocenters. The van der Waals surface area contributed by atoms with E-state index in [1.54, 1.807) is 26.4 Å². The van der Waals surface area contributed by atoms with Crippen LogP contribution in [0.5, 0.6) is 17.2 Å². The van der Waals surface area contributed by atoms with Crippen molar-refractivity contribution in [2.75, 3.05) is 20.8 Å². The van der Waals surface area contributed by atoms with E-state index < -0.39 is 0 Å². The summed E-state index contributed by atoms with van der Waals surface area (Å²) in [4.78, 5) is 17.8. The van der Waals surface area contributed by atoms with Gasteiger partial charge in [-0.25, -0.2) is 4.98 Å². The number of aromatic nitrogens is 2. The maximum absolute atomic E-state index is 13.0. The summed E-state index contributed by atoms with van der Waals surface area (Å²) in [5.41, 5.74) is 3.42. The molecule has 1 heterocycles. The Labute approximate surface area is 211 Å². The van der Waals surface area contributed by atoms with Gasteiger partial charge in [0, 0.05) is 0 Å². The molecule has 1 N–H and O–H groups in total. The van der Waals surface area contributed by atoms with Crippen molar-refractivity contribution in [3.05, 3.63) is 96.3 Å². The van der Waals surface area contributed by atoms with Crippen LogP contribution in [0.25, 0.3) is 11.0 Å². The molecule has 4 aromatic rings. The third-order valence-corrected chi connectivity index (χ3v) is 5.95. The molecule has 0 radical (unpaired) electrons. The molecule has 7 heteroatoms. The number of carbonyl (C=O) groups is 1. The van der Waals surface area contributed by atoms with Gasteiger partial charge in [-0.15, -0.1) is 6.58 Å². The van der Waals surface area contributed by atoms with Crippen molar-refractivity contribution in [2.45, 2.75) is 25.9 Å². The van der Waals surface area contributed by atoms with Gasteiger partial charge >= 0.3 is 0 Å². The second-order valence-electron chi connectivity index (χ2n) is 8.33. The van der Waals surface area contributed by atoms with E-state index in [1.165, 1.54) is 0 Å².